The number of rotatable bonds is 3. The molecule has 1 aliphatic carbocycles. The van der Waals surface area contributed by atoms with E-state index in [2.05, 4.69) is 0 Å². The van der Waals surface area contributed by atoms with Gasteiger partial charge in [-0.3, -0.25) is 0 Å². The van der Waals surface area contributed by atoms with Crippen molar-refractivity contribution in [3.8, 4) is 0 Å². The van der Waals surface area contributed by atoms with E-state index in [1.165, 1.54) is 12.8 Å². The zero-order valence-corrected chi connectivity index (χ0v) is 8.74. The number of benzene rings is 1. The van der Waals surface area contributed by atoms with Crippen LogP contribution in [0.2, 0.25) is 5.02 Å². The Bertz CT molecular complexity index is 323. The normalized spacial score (nSPS) is 20.5. The van der Waals surface area contributed by atoms with Gasteiger partial charge in [0.2, 0.25) is 0 Å². The van der Waals surface area contributed by atoms with Crippen molar-refractivity contribution in [1.29, 1.82) is 0 Å². The van der Waals surface area contributed by atoms with Crippen LogP contribution in [0.3, 0.4) is 0 Å². The maximum atomic E-state index is 6.07. The Hall–Kier alpha value is -0.570. The summed E-state index contributed by atoms with van der Waals surface area (Å²) in [5, 5.41) is 0.719. The molecule has 2 atom stereocenters. The summed E-state index contributed by atoms with van der Waals surface area (Å²) in [6.45, 7) is 0. The summed E-state index contributed by atoms with van der Waals surface area (Å²) < 4.78 is 0. The molecule has 1 aromatic rings. The summed E-state index contributed by atoms with van der Waals surface area (Å²) in [4.78, 5) is 0. The van der Waals surface area contributed by atoms with E-state index < -0.39 is 0 Å². The third kappa shape index (κ3) is 1.92. The molecule has 76 valence electrons. The van der Waals surface area contributed by atoms with Gasteiger partial charge in [-0.1, -0.05) is 29.8 Å². The largest absolute Gasteiger partial charge is 0.326 e. The highest BCUT2D eigenvalue weighted by molar-refractivity contribution is 6.31. The number of nitrogens with two attached hydrogens (primary N) is 2. The van der Waals surface area contributed by atoms with Gasteiger partial charge in [-0.15, -0.1) is 0 Å². The van der Waals surface area contributed by atoms with E-state index >= 15 is 0 Å². The lowest BCUT2D eigenvalue weighted by molar-refractivity contribution is 0.494. The summed E-state index contributed by atoms with van der Waals surface area (Å²) in [5.74, 6) is 0.598. The van der Waals surface area contributed by atoms with Crippen molar-refractivity contribution in [1.82, 2.24) is 0 Å². The minimum atomic E-state index is -0.129. The molecule has 2 nitrogen and oxygen atoms in total. The van der Waals surface area contributed by atoms with Crippen molar-refractivity contribution < 1.29 is 0 Å². The van der Waals surface area contributed by atoms with E-state index in [0.29, 0.717) is 5.92 Å². The minimum absolute atomic E-state index is 0.0508. The molecule has 14 heavy (non-hydrogen) atoms. The molecule has 0 aliphatic heterocycles. The van der Waals surface area contributed by atoms with E-state index in [4.69, 9.17) is 23.1 Å². The summed E-state index contributed by atoms with van der Waals surface area (Å²) in [6, 6.07) is 7.58. The molecule has 0 amide bonds. The van der Waals surface area contributed by atoms with Crippen LogP contribution in [0.1, 0.15) is 24.4 Å². The summed E-state index contributed by atoms with van der Waals surface area (Å²) >= 11 is 6.05. The van der Waals surface area contributed by atoms with Crippen molar-refractivity contribution in [2.45, 2.75) is 24.9 Å². The molecule has 0 spiro atoms. The number of hydrogen-bond acceptors (Lipinski definition) is 2. The molecule has 1 aliphatic rings. The van der Waals surface area contributed by atoms with Crippen LogP contribution in [-0.2, 0) is 0 Å². The summed E-state index contributed by atoms with van der Waals surface area (Å²) in [5.41, 5.74) is 13.1. The van der Waals surface area contributed by atoms with Crippen molar-refractivity contribution in [2.75, 3.05) is 0 Å². The van der Waals surface area contributed by atoms with Gasteiger partial charge in [0.05, 0.1) is 0 Å². The van der Waals surface area contributed by atoms with Gasteiger partial charge in [-0.2, -0.15) is 0 Å². The van der Waals surface area contributed by atoms with Crippen LogP contribution >= 0.6 is 11.6 Å². The molecule has 4 N–H and O–H groups in total. The van der Waals surface area contributed by atoms with E-state index in [1.54, 1.807) is 0 Å². The van der Waals surface area contributed by atoms with E-state index in [0.717, 1.165) is 10.6 Å². The monoisotopic (exact) mass is 210 g/mol. The predicted octanol–water partition coefficient (Wildman–Crippen LogP) is 2.08. The molecule has 1 saturated carbocycles. The lowest BCUT2D eigenvalue weighted by atomic mass is 9.97. The van der Waals surface area contributed by atoms with Crippen LogP contribution < -0.4 is 11.5 Å². The highest BCUT2D eigenvalue weighted by Crippen LogP contribution is 2.37. The quantitative estimate of drug-likeness (QED) is 0.803. The van der Waals surface area contributed by atoms with E-state index in [1.807, 2.05) is 24.3 Å². The van der Waals surface area contributed by atoms with Gasteiger partial charge < -0.3 is 11.5 Å². The van der Waals surface area contributed by atoms with Crippen LogP contribution in [0.25, 0.3) is 0 Å². The van der Waals surface area contributed by atoms with Gasteiger partial charge in [0.15, 0.2) is 0 Å². The van der Waals surface area contributed by atoms with Crippen LogP contribution in [-0.4, -0.2) is 6.04 Å². The lowest BCUT2D eigenvalue weighted by Gasteiger charge is -2.20. The zero-order chi connectivity index (χ0) is 10.1. The van der Waals surface area contributed by atoms with Crippen molar-refractivity contribution >= 4 is 11.6 Å². The summed E-state index contributed by atoms with van der Waals surface area (Å²) in [7, 11) is 0. The molecule has 0 bridgehead atoms. The lowest BCUT2D eigenvalue weighted by Crippen LogP contribution is -2.36. The highest BCUT2D eigenvalue weighted by Gasteiger charge is 2.33. The van der Waals surface area contributed by atoms with E-state index in [9.17, 15) is 0 Å². The van der Waals surface area contributed by atoms with E-state index in [-0.39, 0.29) is 12.1 Å². The van der Waals surface area contributed by atoms with Crippen molar-refractivity contribution in [3.63, 3.8) is 0 Å². The molecule has 0 radical (unpaired) electrons. The number of halogens is 1. The maximum Gasteiger partial charge on any atom is 0.0466 e. The average Bonchev–Trinajstić information content (AvgIpc) is 3.00. The molecule has 0 heterocycles. The molecule has 1 fully saturated rings. The van der Waals surface area contributed by atoms with Gasteiger partial charge in [-0.25, -0.2) is 0 Å². The predicted molar refractivity (Wildman–Crippen MR) is 59.1 cm³/mol. The average molecular weight is 211 g/mol. The minimum Gasteiger partial charge on any atom is -0.326 e. The van der Waals surface area contributed by atoms with Crippen LogP contribution in [0.5, 0.6) is 0 Å². The van der Waals surface area contributed by atoms with Crippen LogP contribution in [0.15, 0.2) is 24.3 Å². The van der Waals surface area contributed by atoms with Gasteiger partial charge in [-0.05, 0) is 30.4 Å². The molecule has 0 unspecified atom stereocenters. The Morgan fingerprint density at radius 3 is 2.43 bits per heavy atom. The second-order valence-corrected chi connectivity index (χ2v) is 4.37. The Kier molecular flexibility index (Phi) is 2.77. The number of hydrogen-bond donors (Lipinski definition) is 2. The fraction of sp³-hybridized carbons (Fsp3) is 0.455. The van der Waals surface area contributed by atoms with Crippen molar-refractivity contribution in [3.05, 3.63) is 34.9 Å². The summed E-state index contributed by atoms with van der Waals surface area (Å²) in [6.07, 6.45) is 2.42. The van der Waals surface area contributed by atoms with Crippen LogP contribution in [0.4, 0.5) is 0 Å². The Labute approximate surface area is 89.2 Å². The Balaban J connectivity index is 2.17. The second kappa shape index (κ2) is 3.89. The molecule has 1 aromatic carbocycles. The third-order valence-electron chi connectivity index (χ3n) is 2.85. The fourth-order valence-electron chi connectivity index (χ4n) is 1.73. The van der Waals surface area contributed by atoms with Gasteiger partial charge in [0.25, 0.3) is 0 Å². The van der Waals surface area contributed by atoms with Crippen LogP contribution in [0, 0.1) is 5.92 Å². The third-order valence-corrected chi connectivity index (χ3v) is 3.19. The molecular weight excluding hydrogens is 196 g/mol. The molecule has 0 saturated heterocycles. The first-order chi connectivity index (χ1) is 6.70. The zero-order valence-electron chi connectivity index (χ0n) is 7.99. The second-order valence-electron chi connectivity index (χ2n) is 3.96. The SMILES string of the molecule is N[C@@H](c1ccccc1Cl)[C@@H](N)C1CC1. The first-order valence-electron chi connectivity index (χ1n) is 4.95. The van der Waals surface area contributed by atoms with Gasteiger partial charge in [0.1, 0.15) is 0 Å². The molecular formula is C11H15ClN2. The maximum absolute atomic E-state index is 6.07. The standard InChI is InChI=1S/C11H15ClN2/c12-9-4-2-1-3-8(9)11(14)10(13)7-5-6-7/h1-4,7,10-11H,5-6,13-14H2/t10-,11-/m0/s1. The molecule has 2 rings (SSSR count). The molecule has 3 heteroatoms. The smallest absolute Gasteiger partial charge is 0.0466 e. The Morgan fingerprint density at radius 1 is 1.21 bits per heavy atom. The first-order valence-corrected chi connectivity index (χ1v) is 5.33. The highest BCUT2D eigenvalue weighted by atomic mass is 35.5. The first kappa shape index (κ1) is 9.97. The molecule has 0 aromatic heterocycles. The van der Waals surface area contributed by atoms with Gasteiger partial charge >= 0.3 is 0 Å². The fourth-order valence-corrected chi connectivity index (χ4v) is 1.99. The van der Waals surface area contributed by atoms with Crippen molar-refractivity contribution in [2.24, 2.45) is 17.4 Å². The topological polar surface area (TPSA) is 52.0 Å². The Morgan fingerprint density at radius 2 is 1.86 bits per heavy atom. The van der Waals surface area contributed by atoms with Gasteiger partial charge in [0, 0.05) is 17.1 Å².